The van der Waals surface area contributed by atoms with E-state index < -0.39 is 0 Å². The Kier molecular flexibility index (Phi) is 4.20. The van der Waals surface area contributed by atoms with Crippen molar-refractivity contribution >= 4 is 5.97 Å². The van der Waals surface area contributed by atoms with E-state index in [4.69, 9.17) is 4.74 Å². The fourth-order valence-corrected chi connectivity index (χ4v) is 2.30. The summed E-state index contributed by atoms with van der Waals surface area (Å²) < 4.78 is 4.96. The summed E-state index contributed by atoms with van der Waals surface area (Å²) in [5.74, 6) is 0.111. The second-order valence-electron chi connectivity index (χ2n) is 4.63. The topological polar surface area (TPSA) is 49.8 Å². The molecule has 0 saturated heterocycles. The molecule has 0 radical (unpaired) electrons. The van der Waals surface area contributed by atoms with Gasteiger partial charge in [0.15, 0.2) is 0 Å². The van der Waals surface area contributed by atoms with E-state index in [9.17, 15) is 9.90 Å². The summed E-state index contributed by atoms with van der Waals surface area (Å²) in [6.07, 6.45) is 1.92. The number of ether oxygens (including phenoxy) is 1. The molecule has 1 aliphatic rings. The van der Waals surface area contributed by atoms with Crippen molar-refractivity contribution in [2.75, 3.05) is 26.2 Å². The van der Waals surface area contributed by atoms with Crippen molar-refractivity contribution in [3.05, 3.63) is 29.3 Å². The first-order chi connectivity index (χ1) is 8.65. The molecule has 4 nitrogen and oxygen atoms in total. The molecule has 1 aromatic rings. The van der Waals surface area contributed by atoms with E-state index >= 15 is 0 Å². The number of rotatable bonds is 3. The minimum atomic E-state index is -0.224. The molecule has 98 valence electrons. The van der Waals surface area contributed by atoms with Crippen molar-refractivity contribution in [2.24, 2.45) is 0 Å². The third-order valence-corrected chi connectivity index (χ3v) is 3.30. The number of carbonyl (C=O) groups excluding carboxylic acids is 1. The van der Waals surface area contributed by atoms with Crippen molar-refractivity contribution in [1.29, 1.82) is 0 Å². The standard InChI is InChI=1S/C14H19NO3/c1-11(16)18-9-8-15-6-4-12-2-3-14(17)10-13(12)5-7-15/h2-3,10,17H,4-9H2,1H3. The van der Waals surface area contributed by atoms with Gasteiger partial charge >= 0.3 is 5.97 Å². The van der Waals surface area contributed by atoms with E-state index in [2.05, 4.69) is 4.90 Å². The lowest BCUT2D eigenvalue weighted by atomic mass is 10.0. The lowest BCUT2D eigenvalue weighted by molar-refractivity contribution is -0.141. The van der Waals surface area contributed by atoms with Gasteiger partial charge in [0.05, 0.1) is 0 Å². The fourth-order valence-electron chi connectivity index (χ4n) is 2.30. The highest BCUT2D eigenvalue weighted by Crippen LogP contribution is 2.20. The lowest BCUT2D eigenvalue weighted by Gasteiger charge is -2.18. The summed E-state index contributed by atoms with van der Waals surface area (Å²) in [6.45, 7) is 4.58. The third-order valence-electron chi connectivity index (χ3n) is 3.30. The Morgan fingerprint density at radius 1 is 1.33 bits per heavy atom. The lowest BCUT2D eigenvalue weighted by Crippen LogP contribution is -2.30. The summed E-state index contributed by atoms with van der Waals surface area (Å²) in [6, 6.07) is 5.60. The fraction of sp³-hybridized carbons (Fsp3) is 0.500. The third kappa shape index (κ3) is 3.47. The molecular weight excluding hydrogens is 230 g/mol. The molecule has 4 heteroatoms. The number of fused-ring (bicyclic) bond motifs is 1. The van der Waals surface area contributed by atoms with Crippen LogP contribution < -0.4 is 0 Å². The molecule has 1 N–H and O–H groups in total. The number of aromatic hydroxyl groups is 1. The van der Waals surface area contributed by atoms with Gasteiger partial charge in [-0.1, -0.05) is 6.07 Å². The second kappa shape index (κ2) is 5.87. The quantitative estimate of drug-likeness (QED) is 0.822. The number of phenols is 1. The molecule has 1 aromatic carbocycles. The SMILES string of the molecule is CC(=O)OCCN1CCc2ccc(O)cc2CC1. The van der Waals surface area contributed by atoms with Crippen LogP contribution in [0.3, 0.4) is 0 Å². The first-order valence-electron chi connectivity index (χ1n) is 6.31. The van der Waals surface area contributed by atoms with Crippen LogP contribution in [0.15, 0.2) is 18.2 Å². The number of benzene rings is 1. The van der Waals surface area contributed by atoms with Crippen LogP contribution in [-0.2, 0) is 22.4 Å². The second-order valence-corrected chi connectivity index (χ2v) is 4.63. The normalized spacial score (nSPS) is 15.8. The predicted octanol–water partition coefficient (Wildman–Crippen LogP) is 1.36. The van der Waals surface area contributed by atoms with Crippen LogP contribution in [-0.4, -0.2) is 42.2 Å². The summed E-state index contributed by atoms with van der Waals surface area (Å²) in [7, 11) is 0. The molecule has 18 heavy (non-hydrogen) atoms. The van der Waals surface area contributed by atoms with Crippen molar-refractivity contribution in [3.63, 3.8) is 0 Å². The zero-order chi connectivity index (χ0) is 13.0. The minimum absolute atomic E-state index is 0.224. The number of carbonyl (C=O) groups is 1. The number of phenolic OH excluding ortho intramolecular Hbond substituents is 1. The van der Waals surface area contributed by atoms with Gasteiger partial charge in [-0.15, -0.1) is 0 Å². The van der Waals surface area contributed by atoms with Gasteiger partial charge in [-0.25, -0.2) is 0 Å². The minimum Gasteiger partial charge on any atom is -0.508 e. The van der Waals surface area contributed by atoms with E-state index in [1.54, 1.807) is 6.07 Å². The van der Waals surface area contributed by atoms with Gasteiger partial charge in [0.25, 0.3) is 0 Å². The molecule has 0 bridgehead atoms. The Morgan fingerprint density at radius 2 is 2.06 bits per heavy atom. The van der Waals surface area contributed by atoms with Crippen LogP contribution in [0.1, 0.15) is 18.1 Å². The molecule has 0 saturated carbocycles. The Labute approximate surface area is 107 Å². The Balaban J connectivity index is 1.89. The van der Waals surface area contributed by atoms with Crippen LogP contribution in [0.4, 0.5) is 0 Å². The number of hydrogen-bond acceptors (Lipinski definition) is 4. The van der Waals surface area contributed by atoms with Crippen molar-refractivity contribution in [2.45, 2.75) is 19.8 Å². The van der Waals surface area contributed by atoms with Gasteiger partial charge in [-0.2, -0.15) is 0 Å². The van der Waals surface area contributed by atoms with Crippen LogP contribution in [0.2, 0.25) is 0 Å². The van der Waals surface area contributed by atoms with Gasteiger partial charge in [0.1, 0.15) is 12.4 Å². The average Bonchev–Trinajstić information content (AvgIpc) is 2.51. The monoisotopic (exact) mass is 249 g/mol. The van der Waals surface area contributed by atoms with E-state index in [1.807, 2.05) is 12.1 Å². The smallest absolute Gasteiger partial charge is 0.302 e. The molecule has 0 spiro atoms. The van der Waals surface area contributed by atoms with Gasteiger partial charge in [0.2, 0.25) is 0 Å². The molecule has 0 aromatic heterocycles. The van der Waals surface area contributed by atoms with Crippen LogP contribution >= 0.6 is 0 Å². The molecule has 0 atom stereocenters. The maximum absolute atomic E-state index is 10.7. The molecule has 2 rings (SSSR count). The average molecular weight is 249 g/mol. The highest BCUT2D eigenvalue weighted by molar-refractivity contribution is 5.65. The van der Waals surface area contributed by atoms with Crippen LogP contribution in [0, 0.1) is 0 Å². The van der Waals surface area contributed by atoms with Crippen molar-refractivity contribution < 1.29 is 14.6 Å². The first kappa shape index (κ1) is 12.9. The number of nitrogens with zero attached hydrogens (tertiary/aromatic N) is 1. The van der Waals surface area contributed by atoms with E-state index in [-0.39, 0.29) is 5.97 Å². The Bertz CT molecular complexity index is 431. The van der Waals surface area contributed by atoms with Crippen molar-refractivity contribution in [1.82, 2.24) is 4.90 Å². The van der Waals surface area contributed by atoms with E-state index in [0.717, 1.165) is 32.5 Å². The van der Waals surface area contributed by atoms with Gasteiger partial charge in [-0.05, 0) is 36.1 Å². The van der Waals surface area contributed by atoms with Gasteiger partial charge < -0.3 is 9.84 Å². The maximum Gasteiger partial charge on any atom is 0.302 e. The van der Waals surface area contributed by atoms with E-state index in [1.165, 1.54) is 18.1 Å². The van der Waals surface area contributed by atoms with Crippen molar-refractivity contribution in [3.8, 4) is 5.75 Å². The zero-order valence-corrected chi connectivity index (χ0v) is 10.7. The largest absolute Gasteiger partial charge is 0.508 e. The molecule has 1 heterocycles. The molecule has 0 aliphatic carbocycles. The molecular formula is C14H19NO3. The predicted molar refractivity (Wildman–Crippen MR) is 68.6 cm³/mol. The summed E-state index contributed by atoms with van der Waals surface area (Å²) in [5, 5.41) is 9.48. The number of esters is 1. The Morgan fingerprint density at radius 3 is 2.78 bits per heavy atom. The highest BCUT2D eigenvalue weighted by Gasteiger charge is 2.14. The maximum atomic E-state index is 10.7. The summed E-state index contributed by atoms with van der Waals surface area (Å²) in [5.41, 5.74) is 2.53. The molecule has 0 amide bonds. The molecule has 1 aliphatic heterocycles. The first-order valence-corrected chi connectivity index (χ1v) is 6.31. The van der Waals surface area contributed by atoms with Gasteiger partial charge in [-0.3, -0.25) is 9.69 Å². The zero-order valence-electron chi connectivity index (χ0n) is 10.7. The number of hydrogen-bond donors (Lipinski definition) is 1. The molecule has 0 fully saturated rings. The van der Waals surface area contributed by atoms with Gasteiger partial charge in [0, 0.05) is 26.6 Å². The highest BCUT2D eigenvalue weighted by atomic mass is 16.5. The Hall–Kier alpha value is -1.55. The van der Waals surface area contributed by atoms with Crippen LogP contribution in [0.5, 0.6) is 5.75 Å². The summed E-state index contributed by atoms with van der Waals surface area (Å²) >= 11 is 0. The summed E-state index contributed by atoms with van der Waals surface area (Å²) in [4.78, 5) is 13.0. The molecule has 0 unspecified atom stereocenters. The van der Waals surface area contributed by atoms with Crippen LogP contribution in [0.25, 0.3) is 0 Å². The van der Waals surface area contributed by atoms with E-state index in [0.29, 0.717) is 12.4 Å².